The van der Waals surface area contributed by atoms with Gasteiger partial charge in [-0.1, -0.05) is 6.92 Å². The van der Waals surface area contributed by atoms with Gasteiger partial charge in [-0.05, 0) is 51.0 Å². The van der Waals surface area contributed by atoms with E-state index in [-0.39, 0.29) is 0 Å². The summed E-state index contributed by atoms with van der Waals surface area (Å²) in [4.78, 5) is 0. The molecule has 1 aliphatic carbocycles. The van der Waals surface area contributed by atoms with Crippen LogP contribution in [0.15, 0.2) is 0 Å². The van der Waals surface area contributed by atoms with Crippen LogP contribution in [0.1, 0.15) is 45.4 Å². The van der Waals surface area contributed by atoms with Crippen molar-refractivity contribution in [1.82, 2.24) is 5.32 Å². The number of rotatable bonds is 9. The van der Waals surface area contributed by atoms with Crippen molar-refractivity contribution in [3.63, 3.8) is 0 Å². The summed E-state index contributed by atoms with van der Waals surface area (Å²) in [6, 6.07) is 0.758. The van der Waals surface area contributed by atoms with Crippen LogP contribution in [0.3, 0.4) is 0 Å². The molecule has 2 unspecified atom stereocenters. The fourth-order valence-corrected chi connectivity index (χ4v) is 2.60. The zero-order valence-corrected chi connectivity index (χ0v) is 11.1. The lowest BCUT2D eigenvalue weighted by Crippen LogP contribution is -2.31. The molecule has 1 saturated heterocycles. The van der Waals surface area contributed by atoms with Gasteiger partial charge in [-0.15, -0.1) is 0 Å². The molecule has 2 aliphatic rings. The summed E-state index contributed by atoms with van der Waals surface area (Å²) in [5.41, 5.74) is 0. The Labute approximate surface area is 105 Å². The van der Waals surface area contributed by atoms with E-state index >= 15 is 0 Å². The number of nitrogens with one attached hydrogen (secondary N) is 1. The van der Waals surface area contributed by atoms with E-state index in [1.807, 2.05) is 0 Å². The molecule has 0 aromatic rings. The third-order valence-electron chi connectivity index (χ3n) is 3.83. The van der Waals surface area contributed by atoms with Gasteiger partial charge in [0.05, 0.1) is 12.7 Å². The third kappa shape index (κ3) is 4.94. The van der Waals surface area contributed by atoms with Crippen LogP contribution in [0.4, 0.5) is 0 Å². The van der Waals surface area contributed by atoms with Crippen LogP contribution in [0, 0.1) is 5.92 Å². The molecule has 0 radical (unpaired) electrons. The molecule has 0 aromatic carbocycles. The Kier molecular flexibility index (Phi) is 5.75. The highest BCUT2D eigenvalue weighted by Gasteiger charge is 2.29. The smallest absolute Gasteiger partial charge is 0.0809 e. The standard InChI is InChI=1S/C14H27NO2/c1-2-14(12-6-7-12)15-8-4-9-16-11-13-5-3-10-17-13/h12-15H,2-11H2,1H3. The summed E-state index contributed by atoms with van der Waals surface area (Å²) in [6.07, 6.45) is 8.00. The molecule has 0 spiro atoms. The van der Waals surface area contributed by atoms with Crippen molar-refractivity contribution in [1.29, 1.82) is 0 Å². The molecule has 1 saturated carbocycles. The molecule has 2 fully saturated rings. The Morgan fingerprint density at radius 2 is 2.24 bits per heavy atom. The van der Waals surface area contributed by atoms with Crippen LogP contribution in [0.2, 0.25) is 0 Å². The fraction of sp³-hybridized carbons (Fsp3) is 1.00. The first-order valence-corrected chi connectivity index (χ1v) is 7.33. The van der Waals surface area contributed by atoms with Gasteiger partial charge in [-0.2, -0.15) is 0 Å². The zero-order chi connectivity index (χ0) is 11.9. The lowest BCUT2D eigenvalue weighted by Gasteiger charge is -2.16. The van der Waals surface area contributed by atoms with Crippen molar-refractivity contribution in [3.05, 3.63) is 0 Å². The predicted molar refractivity (Wildman–Crippen MR) is 69.2 cm³/mol. The maximum absolute atomic E-state index is 5.64. The summed E-state index contributed by atoms with van der Waals surface area (Å²) >= 11 is 0. The Morgan fingerprint density at radius 3 is 2.88 bits per heavy atom. The lowest BCUT2D eigenvalue weighted by atomic mass is 10.1. The SMILES string of the molecule is CCC(NCCCOCC1CCCO1)C1CC1. The Balaban J connectivity index is 1.40. The average molecular weight is 241 g/mol. The summed E-state index contributed by atoms with van der Waals surface area (Å²) in [7, 11) is 0. The highest BCUT2D eigenvalue weighted by molar-refractivity contribution is 4.85. The van der Waals surface area contributed by atoms with Crippen molar-refractivity contribution in [3.8, 4) is 0 Å². The molecule has 3 heteroatoms. The number of ether oxygens (including phenoxy) is 2. The van der Waals surface area contributed by atoms with E-state index < -0.39 is 0 Å². The summed E-state index contributed by atoms with van der Waals surface area (Å²) in [6.45, 7) is 5.97. The maximum Gasteiger partial charge on any atom is 0.0809 e. The Bertz CT molecular complexity index is 200. The first-order chi connectivity index (χ1) is 8.40. The molecule has 0 amide bonds. The highest BCUT2D eigenvalue weighted by atomic mass is 16.5. The van der Waals surface area contributed by atoms with Gasteiger partial charge in [-0.25, -0.2) is 0 Å². The second-order valence-electron chi connectivity index (χ2n) is 5.37. The molecule has 2 rings (SSSR count). The quantitative estimate of drug-likeness (QED) is 0.629. The van der Waals surface area contributed by atoms with Crippen molar-refractivity contribution in [2.75, 3.05) is 26.4 Å². The first kappa shape index (κ1) is 13.3. The van der Waals surface area contributed by atoms with Gasteiger partial charge in [0.15, 0.2) is 0 Å². The van der Waals surface area contributed by atoms with Gasteiger partial charge >= 0.3 is 0 Å². The largest absolute Gasteiger partial charge is 0.379 e. The lowest BCUT2D eigenvalue weighted by molar-refractivity contribution is 0.0165. The van der Waals surface area contributed by atoms with E-state index in [9.17, 15) is 0 Å². The van der Waals surface area contributed by atoms with Gasteiger partial charge in [0.1, 0.15) is 0 Å². The summed E-state index contributed by atoms with van der Waals surface area (Å²) in [5.74, 6) is 0.966. The minimum atomic E-state index is 0.373. The molecule has 0 bridgehead atoms. The topological polar surface area (TPSA) is 30.5 Å². The Morgan fingerprint density at radius 1 is 1.35 bits per heavy atom. The molecule has 1 aliphatic heterocycles. The highest BCUT2D eigenvalue weighted by Crippen LogP contribution is 2.33. The van der Waals surface area contributed by atoms with Crippen molar-refractivity contribution in [2.24, 2.45) is 5.92 Å². The van der Waals surface area contributed by atoms with E-state index in [0.29, 0.717) is 6.10 Å². The van der Waals surface area contributed by atoms with E-state index in [0.717, 1.165) is 44.7 Å². The summed E-state index contributed by atoms with van der Waals surface area (Å²) in [5, 5.41) is 3.65. The molecule has 1 N–H and O–H groups in total. The van der Waals surface area contributed by atoms with E-state index in [1.165, 1.54) is 32.1 Å². The molecule has 3 nitrogen and oxygen atoms in total. The Hall–Kier alpha value is -0.120. The normalized spacial score (nSPS) is 26.3. The van der Waals surface area contributed by atoms with Gasteiger partial charge in [0, 0.05) is 19.3 Å². The van der Waals surface area contributed by atoms with Gasteiger partial charge < -0.3 is 14.8 Å². The van der Waals surface area contributed by atoms with Crippen LogP contribution in [0.25, 0.3) is 0 Å². The minimum absolute atomic E-state index is 0.373. The third-order valence-corrected chi connectivity index (χ3v) is 3.83. The predicted octanol–water partition coefficient (Wildman–Crippen LogP) is 2.35. The monoisotopic (exact) mass is 241 g/mol. The van der Waals surface area contributed by atoms with Crippen LogP contribution in [-0.2, 0) is 9.47 Å². The molecule has 17 heavy (non-hydrogen) atoms. The van der Waals surface area contributed by atoms with E-state index in [1.54, 1.807) is 0 Å². The van der Waals surface area contributed by atoms with Crippen LogP contribution in [0.5, 0.6) is 0 Å². The second-order valence-corrected chi connectivity index (χ2v) is 5.37. The zero-order valence-electron chi connectivity index (χ0n) is 11.1. The van der Waals surface area contributed by atoms with Gasteiger partial charge in [0.25, 0.3) is 0 Å². The van der Waals surface area contributed by atoms with E-state index in [4.69, 9.17) is 9.47 Å². The number of hydrogen-bond acceptors (Lipinski definition) is 3. The molecule has 100 valence electrons. The van der Waals surface area contributed by atoms with E-state index in [2.05, 4.69) is 12.2 Å². The maximum atomic E-state index is 5.64. The van der Waals surface area contributed by atoms with Gasteiger partial charge in [0.2, 0.25) is 0 Å². The molecule has 0 aromatic heterocycles. The van der Waals surface area contributed by atoms with Crippen LogP contribution < -0.4 is 5.32 Å². The average Bonchev–Trinajstić information content (AvgIpc) is 3.05. The van der Waals surface area contributed by atoms with Gasteiger partial charge in [-0.3, -0.25) is 0 Å². The first-order valence-electron chi connectivity index (χ1n) is 7.33. The van der Waals surface area contributed by atoms with Crippen LogP contribution in [-0.4, -0.2) is 38.5 Å². The van der Waals surface area contributed by atoms with Crippen molar-refractivity contribution in [2.45, 2.75) is 57.6 Å². The van der Waals surface area contributed by atoms with Crippen molar-refractivity contribution >= 4 is 0 Å². The van der Waals surface area contributed by atoms with Crippen molar-refractivity contribution < 1.29 is 9.47 Å². The van der Waals surface area contributed by atoms with Crippen LogP contribution >= 0.6 is 0 Å². The molecule has 2 atom stereocenters. The molecule has 1 heterocycles. The second kappa shape index (κ2) is 7.34. The minimum Gasteiger partial charge on any atom is -0.379 e. The fourth-order valence-electron chi connectivity index (χ4n) is 2.60. The molecular weight excluding hydrogens is 214 g/mol. The number of hydrogen-bond donors (Lipinski definition) is 1. The molecular formula is C14H27NO2. The summed E-state index contributed by atoms with van der Waals surface area (Å²) < 4.78 is 11.2.